The van der Waals surface area contributed by atoms with Crippen molar-refractivity contribution >= 4 is 11.8 Å². The molecule has 0 radical (unpaired) electrons. The summed E-state index contributed by atoms with van der Waals surface area (Å²) in [4.78, 5) is 26.3. The van der Waals surface area contributed by atoms with Crippen molar-refractivity contribution < 1.29 is 9.59 Å². The summed E-state index contributed by atoms with van der Waals surface area (Å²) in [6.45, 7) is 1.61. The Morgan fingerprint density at radius 1 is 1.27 bits per heavy atom. The van der Waals surface area contributed by atoms with Crippen LogP contribution in [0.2, 0.25) is 0 Å². The summed E-state index contributed by atoms with van der Waals surface area (Å²) in [5, 5.41) is 0. The van der Waals surface area contributed by atoms with Crippen LogP contribution in [0.3, 0.4) is 0 Å². The number of likely N-dealkylation sites (N-methyl/N-ethyl adjacent to an activating group) is 1. The molecule has 0 spiro atoms. The number of hydrogen-bond acceptors (Lipinski definition) is 3. The number of likely N-dealkylation sites (tertiary alicyclic amines) is 1. The molecule has 0 aromatic heterocycles. The number of hydrogen-bond donors (Lipinski definition) is 0. The van der Waals surface area contributed by atoms with E-state index in [2.05, 4.69) is 11.9 Å². The number of nitrogens with zero attached hydrogens (tertiary/aromatic N) is 2. The maximum Gasteiger partial charge on any atom is 0.253 e. The molecule has 1 saturated heterocycles. The molecule has 2 aliphatic rings. The molecule has 0 N–H and O–H groups in total. The van der Waals surface area contributed by atoms with Gasteiger partial charge in [0, 0.05) is 24.7 Å². The molecule has 2 amide bonds. The summed E-state index contributed by atoms with van der Waals surface area (Å²) in [5.74, 6) is -0.335. The Labute approximate surface area is 89.5 Å². The first kappa shape index (κ1) is 10.4. The molecule has 0 aromatic carbocycles. The first-order valence-corrected chi connectivity index (χ1v) is 5.42. The monoisotopic (exact) mass is 208 g/mol. The maximum atomic E-state index is 11.4. The second-order valence-corrected chi connectivity index (χ2v) is 4.25. The Kier molecular flexibility index (Phi) is 2.86. The standard InChI is InChI=1S/C11H16N2O2/c1-12-7-3-2-4-9(12)8-13-10(14)5-6-11(13)15/h5-6,9H,2-4,7-8H2,1H3. The first-order valence-electron chi connectivity index (χ1n) is 5.42. The predicted octanol–water partition coefficient (Wildman–Crippen LogP) is 0.396. The van der Waals surface area contributed by atoms with Crippen molar-refractivity contribution in [3.05, 3.63) is 12.2 Å². The predicted molar refractivity (Wildman–Crippen MR) is 56.1 cm³/mol. The molecule has 2 heterocycles. The summed E-state index contributed by atoms with van der Waals surface area (Å²) in [5.41, 5.74) is 0. The topological polar surface area (TPSA) is 40.6 Å². The summed E-state index contributed by atoms with van der Waals surface area (Å²) in [6, 6.07) is 0.339. The van der Waals surface area contributed by atoms with E-state index in [0.717, 1.165) is 13.0 Å². The number of piperidine rings is 1. The minimum atomic E-state index is -0.168. The van der Waals surface area contributed by atoms with Crippen molar-refractivity contribution in [3.63, 3.8) is 0 Å². The number of amides is 2. The van der Waals surface area contributed by atoms with Gasteiger partial charge in [0.05, 0.1) is 0 Å². The van der Waals surface area contributed by atoms with Crippen LogP contribution < -0.4 is 0 Å². The fourth-order valence-electron chi connectivity index (χ4n) is 2.20. The second kappa shape index (κ2) is 4.14. The molecular weight excluding hydrogens is 192 g/mol. The van der Waals surface area contributed by atoms with E-state index in [0.29, 0.717) is 12.6 Å². The number of carbonyl (C=O) groups is 2. The van der Waals surface area contributed by atoms with E-state index >= 15 is 0 Å². The lowest BCUT2D eigenvalue weighted by Crippen LogP contribution is -2.46. The molecule has 4 heteroatoms. The van der Waals surface area contributed by atoms with Gasteiger partial charge in [-0.25, -0.2) is 0 Å². The molecule has 4 nitrogen and oxygen atoms in total. The zero-order valence-corrected chi connectivity index (χ0v) is 8.98. The minimum absolute atomic E-state index is 0.168. The summed E-state index contributed by atoms with van der Waals surface area (Å²) >= 11 is 0. The third-order valence-corrected chi connectivity index (χ3v) is 3.22. The largest absolute Gasteiger partial charge is 0.302 e. The van der Waals surface area contributed by atoms with E-state index in [1.54, 1.807) is 0 Å². The fraction of sp³-hybridized carbons (Fsp3) is 0.636. The minimum Gasteiger partial charge on any atom is -0.302 e. The van der Waals surface area contributed by atoms with Crippen LogP contribution in [0, 0.1) is 0 Å². The second-order valence-electron chi connectivity index (χ2n) is 4.25. The summed E-state index contributed by atoms with van der Waals surface area (Å²) in [6.07, 6.45) is 6.19. The van der Waals surface area contributed by atoms with Crippen molar-refractivity contribution in [2.24, 2.45) is 0 Å². The molecule has 1 fully saturated rings. The van der Waals surface area contributed by atoms with E-state index in [1.165, 1.54) is 29.9 Å². The molecule has 0 saturated carbocycles. The highest BCUT2D eigenvalue weighted by molar-refractivity contribution is 6.12. The van der Waals surface area contributed by atoms with Gasteiger partial charge in [-0.1, -0.05) is 6.42 Å². The van der Waals surface area contributed by atoms with Crippen LogP contribution in [0.4, 0.5) is 0 Å². The van der Waals surface area contributed by atoms with Gasteiger partial charge in [0.15, 0.2) is 0 Å². The van der Waals surface area contributed by atoms with E-state index in [4.69, 9.17) is 0 Å². The van der Waals surface area contributed by atoms with Gasteiger partial charge in [0.2, 0.25) is 0 Å². The molecular formula is C11H16N2O2. The molecule has 0 aliphatic carbocycles. The zero-order chi connectivity index (χ0) is 10.8. The smallest absolute Gasteiger partial charge is 0.253 e. The van der Waals surface area contributed by atoms with E-state index < -0.39 is 0 Å². The number of imide groups is 1. The molecule has 1 atom stereocenters. The molecule has 0 aromatic rings. The zero-order valence-electron chi connectivity index (χ0n) is 8.98. The fourth-order valence-corrected chi connectivity index (χ4v) is 2.20. The Morgan fingerprint density at radius 3 is 2.53 bits per heavy atom. The lowest BCUT2D eigenvalue weighted by atomic mass is 10.0. The third kappa shape index (κ3) is 2.09. The Balaban J connectivity index is 1.96. The van der Waals surface area contributed by atoms with Crippen LogP contribution in [0.5, 0.6) is 0 Å². The first-order chi connectivity index (χ1) is 7.18. The average molecular weight is 208 g/mol. The third-order valence-electron chi connectivity index (χ3n) is 3.22. The molecule has 2 rings (SSSR count). The Bertz CT molecular complexity index is 294. The normalized spacial score (nSPS) is 27.8. The van der Waals surface area contributed by atoms with Crippen LogP contribution >= 0.6 is 0 Å². The highest BCUT2D eigenvalue weighted by Crippen LogP contribution is 2.17. The lowest BCUT2D eigenvalue weighted by molar-refractivity contribution is -0.137. The van der Waals surface area contributed by atoms with Crippen LogP contribution in [0.25, 0.3) is 0 Å². The van der Waals surface area contributed by atoms with Gasteiger partial charge in [0.1, 0.15) is 0 Å². The van der Waals surface area contributed by atoms with Crippen LogP contribution in [0.1, 0.15) is 19.3 Å². The molecule has 1 unspecified atom stereocenters. The van der Waals surface area contributed by atoms with Crippen LogP contribution in [-0.2, 0) is 9.59 Å². The van der Waals surface area contributed by atoms with E-state index in [1.807, 2.05) is 0 Å². The van der Waals surface area contributed by atoms with Crippen molar-refractivity contribution in [3.8, 4) is 0 Å². The average Bonchev–Trinajstić information content (AvgIpc) is 2.53. The van der Waals surface area contributed by atoms with Crippen molar-refractivity contribution in [1.29, 1.82) is 0 Å². The van der Waals surface area contributed by atoms with Crippen LogP contribution in [0.15, 0.2) is 12.2 Å². The van der Waals surface area contributed by atoms with Crippen molar-refractivity contribution in [2.75, 3.05) is 20.1 Å². The maximum absolute atomic E-state index is 11.4. The van der Waals surface area contributed by atoms with Gasteiger partial charge in [0.25, 0.3) is 11.8 Å². The number of carbonyl (C=O) groups excluding carboxylic acids is 2. The molecule has 2 aliphatic heterocycles. The van der Waals surface area contributed by atoms with Gasteiger partial charge in [-0.2, -0.15) is 0 Å². The van der Waals surface area contributed by atoms with Gasteiger partial charge in [-0.05, 0) is 26.4 Å². The molecule has 15 heavy (non-hydrogen) atoms. The van der Waals surface area contributed by atoms with Gasteiger partial charge >= 0.3 is 0 Å². The lowest BCUT2D eigenvalue weighted by Gasteiger charge is -2.34. The van der Waals surface area contributed by atoms with Crippen molar-refractivity contribution in [1.82, 2.24) is 9.80 Å². The van der Waals surface area contributed by atoms with Crippen LogP contribution in [-0.4, -0.2) is 47.8 Å². The summed E-state index contributed by atoms with van der Waals surface area (Å²) in [7, 11) is 2.06. The summed E-state index contributed by atoms with van der Waals surface area (Å²) < 4.78 is 0. The highest BCUT2D eigenvalue weighted by Gasteiger charge is 2.28. The Morgan fingerprint density at radius 2 is 1.93 bits per heavy atom. The quantitative estimate of drug-likeness (QED) is 0.617. The van der Waals surface area contributed by atoms with Gasteiger partial charge in [-0.3, -0.25) is 14.5 Å². The SMILES string of the molecule is CN1CCCCC1CN1C(=O)C=CC1=O. The van der Waals surface area contributed by atoms with E-state index in [-0.39, 0.29) is 11.8 Å². The Hall–Kier alpha value is -1.16. The van der Waals surface area contributed by atoms with E-state index in [9.17, 15) is 9.59 Å². The van der Waals surface area contributed by atoms with Gasteiger partial charge in [-0.15, -0.1) is 0 Å². The van der Waals surface area contributed by atoms with Crippen molar-refractivity contribution in [2.45, 2.75) is 25.3 Å². The molecule has 82 valence electrons. The number of rotatable bonds is 2. The van der Waals surface area contributed by atoms with Gasteiger partial charge < -0.3 is 4.90 Å². The molecule has 0 bridgehead atoms. The highest BCUT2D eigenvalue weighted by atomic mass is 16.2.